The van der Waals surface area contributed by atoms with Gasteiger partial charge in [-0.05, 0) is 38.7 Å². The Hall–Kier alpha value is -3.23. The van der Waals surface area contributed by atoms with E-state index in [0.29, 0.717) is 30.1 Å². The van der Waals surface area contributed by atoms with Gasteiger partial charge in [-0.2, -0.15) is 4.98 Å². The fourth-order valence-electron chi connectivity index (χ4n) is 3.88. The van der Waals surface area contributed by atoms with Crippen molar-refractivity contribution >= 4 is 34.5 Å². The Bertz CT molecular complexity index is 1050. The van der Waals surface area contributed by atoms with Crippen LogP contribution in [0, 0.1) is 5.92 Å². The Morgan fingerprint density at radius 3 is 2.68 bits per heavy atom. The smallest absolute Gasteiger partial charge is 0.227 e. The standard InChI is InChI=1S/C22H30N8O/c1-15(2)30-14-25-17-13-24-20(12-18(17)30)26-19-5-8-23-22(27-19)29-9-6-16(7-10-29)11-21(31)28(3)4/h5,8,12-16H,6-7,9-11H2,1-4H3,(H,23,24,26,27). The number of fused-ring (bicyclic) bond motifs is 1. The predicted octanol–water partition coefficient (Wildman–Crippen LogP) is 3.24. The molecule has 9 heteroatoms. The number of nitrogens with one attached hydrogen (secondary N) is 1. The van der Waals surface area contributed by atoms with E-state index in [1.165, 1.54) is 0 Å². The molecule has 0 spiro atoms. The van der Waals surface area contributed by atoms with Gasteiger partial charge in [-0.15, -0.1) is 0 Å². The number of pyridine rings is 1. The molecule has 4 rings (SSSR count). The summed E-state index contributed by atoms with van der Waals surface area (Å²) in [6, 6.07) is 4.16. The topological polar surface area (TPSA) is 92.1 Å². The number of imidazole rings is 1. The number of nitrogens with zero attached hydrogens (tertiary/aromatic N) is 7. The van der Waals surface area contributed by atoms with Crippen molar-refractivity contribution in [3.63, 3.8) is 0 Å². The summed E-state index contributed by atoms with van der Waals surface area (Å²) in [4.78, 5) is 33.9. The minimum absolute atomic E-state index is 0.198. The summed E-state index contributed by atoms with van der Waals surface area (Å²) >= 11 is 0. The van der Waals surface area contributed by atoms with Crippen molar-refractivity contribution in [2.24, 2.45) is 5.92 Å². The molecule has 4 heterocycles. The highest BCUT2D eigenvalue weighted by Gasteiger charge is 2.23. The van der Waals surface area contributed by atoms with Gasteiger partial charge in [-0.3, -0.25) is 4.79 Å². The molecule has 0 bridgehead atoms. The van der Waals surface area contributed by atoms with E-state index < -0.39 is 0 Å². The normalized spacial score (nSPS) is 14.9. The zero-order valence-electron chi connectivity index (χ0n) is 18.6. The number of hydrogen-bond donors (Lipinski definition) is 1. The molecular formula is C22H30N8O. The lowest BCUT2D eigenvalue weighted by atomic mass is 9.93. The van der Waals surface area contributed by atoms with Gasteiger partial charge in [-0.25, -0.2) is 15.0 Å². The molecule has 1 N–H and O–H groups in total. The van der Waals surface area contributed by atoms with Crippen molar-refractivity contribution in [3.05, 3.63) is 30.9 Å². The van der Waals surface area contributed by atoms with Gasteiger partial charge in [0.05, 0.1) is 18.0 Å². The third-order valence-corrected chi connectivity index (χ3v) is 5.78. The average molecular weight is 423 g/mol. The van der Waals surface area contributed by atoms with Crippen LogP contribution in [0.2, 0.25) is 0 Å². The molecule has 1 aliphatic heterocycles. The highest BCUT2D eigenvalue weighted by Crippen LogP contribution is 2.25. The highest BCUT2D eigenvalue weighted by molar-refractivity contribution is 5.78. The molecule has 3 aromatic rings. The maximum Gasteiger partial charge on any atom is 0.227 e. The van der Waals surface area contributed by atoms with Crippen LogP contribution in [-0.2, 0) is 4.79 Å². The quantitative estimate of drug-likeness (QED) is 0.652. The molecule has 1 fully saturated rings. The molecule has 9 nitrogen and oxygen atoms in total. The van der Waals surface area contributed by atoms with E-state index in [2.05, 4.69) is 43.6 Å². The summed E-state index contributed by atoms with van der Waals surface area (Å²) in [6.45, 7) is 5.97. The maximum absolute atomic E-state index is 12.0. The summed E-state index contributed by atoms with van der Waals surface area (Å²) in [5.74, 6) is 2.76. The molecule has 1 saturated heterocycles. The minimum Gasteiger partial charge on any atom is -0.349 e. The molecule has 31 heavy (non-hydrogen) atoms. The predicted molar refractivity (Wildman–Crippen MR) is 121 cm³/mol. The Morgan fingerprint density at radius 2 is 1.97 bits per heavy atom. The third-order valence-electron chi connectivity index (χ3n) is 5.78. The molecule has 3 aromatic heterocycles. The molecule has 1 amide bonds. The number of piperidine rings is 1. The summed E-state index contributed by atoms with van der Waals surface area (Å²) in [7, 11) is 3.63. The van der Waals surface area contributed by atoms with Crippen LogP contribution < -0.4 is 10.2 Å². The first-order chi connectivity index (χ1) is 14.9. The zero-order chi connectivity index (χ0) is 22.0. The first-order valence-corrected chi connectivity index (χ1v) is 10.8. The largest absolute Gasteiger partial charge is 0.349 e. The van der Waals surface area contributed by atoms with Crippen molar-refractivity contribution < 1.29 is 4.79 Å². The van der Waals surface area contributed by atoms with Gasteiger partial charge in [0.15, 0.2) is 0 Å². The van der Waals surface area contributed by atoms with Gasteiger partial charge in [0.1, 0.15) is 17.2 Å². The zero-order valence-corrected chi connectivity index (χ0v) is 18.6. The van der Waals surface area contributed by atoms with Crippen LogP contribution in [0.25, 0.3) is 11.0 Å². The van der Waals surface area contributed by atoms with Crippen LogP contribution in [0.15, 0.2) is 30.9 Å². The summed E-state index contributed by atoms with van der Waals surface area (Å²) in [6.07, 6.45) is 7.95. The summed E-state index contributed by atoms with van der Waals surface area (Å²) < 4.78 is 2.12. The SMILES string of the molecule is CC(C)n1cnc2cnc(Nc3ccnc(N4CCC(CC(=O)N(C)C)CC4)n3)cc21. The number of carbonyl (C=O) groups excluding carboxylic acids is 1. The van der Waals surface area contributed by atoms with E-state index in [1.807, 2.05) is 32.6 Å². The molecule has 0 aromatic carbocycles. The summed E-state index contributed by atoms with van der Waals surface area (Å²) in [5.41, 5.74) is 1.91. The first-order valence-electron chi connectivity index (χ1n) is 10.8. The van der Waals surface area contributed by atoms with Gasteiger partial charge in [0, 0.05) is 51.9 Å². The van der Waals surface area contributed by atoms with Crippen molar-refractivity contribution in [1.82, 2.24) is 29.4 Å². The van der Waals surface area contributed by atoms with Gasteiger partial charge >= 0.3 is 0 Å². The second-order valence-corrected chi connectivity index (χ2v) is 8.59. The molecule has 0 radical (unpaired) electrons. The Balaban J connectivity index is 1.43. The van der Waals surface area contributed by atoms with Gasteiger partial charge in [-0.1, -0.05) is 0 Å². The molecule has 0 atom stereocenters. The number of anilines is 3. The van der Waals surface area contributed by atoms with Crippen LogP contribution in [-0.4, -0.2) is 62.5 Å². The van der Waals surface area contributed by atoms with Crippen molar-refractivity contribution in [3.8, 4) is 0 Å². The van der Waals surface area contributed by atoms with E-state index in [0.717, 1.165) is 42.8 Å². The number of rotatable bonds is 6. The van der Waals surface area contributed by atoms with Crippen LogP contribution in [0.5, 0.6) is 0 Å². The molecule has 1 aliphatic rings. The van der Waals surface area contributed by atoms with Crippen LogP contribution in [0.1, 0.15) is 39.2 Å². The molecular weight excluding hydrogens is 392 g/mol. The fourth-order valence-corrected chi connectivity index (χ4v) is 3.88. The Labute approximate surface area is 182 Å². The maximum atomic E-state index is 12.0. The summed E-state index contributed by atoms with van der Waals surface area (Å²) in [5, 5.41) is 3.30. The lowest BCUT2D eigenvalue weighted by Crippen LogP contribution is -2.36. The monoisotopic (exact) mass is 422 g/mol. The number of amides is 1. The lowest BCUT2D eigenvalue weighted by molar-refractivity contribution is -0.129. The molecule has 0 aliphatic carbocycles. The number of aromatic nitrogens is 5. The van der Waals surface area contributed by atoms with Crippen molar-refractivity contribution in [2.75, 3.05) is 37.4 Å². The highest BCUT2D eigenvalue weighted by atomic mass is 16.2. The van der Waals surface area contributed by atoms with E-state index in [4.69, 9.17) is 4.98 Å². The van der Waals surface area contributed by atoms with Crippen molar-refractivity contribution in [1.29, 1.82) is 0 Å². The van der Waals surface area contributed by atoms with Crippen LogP contribution in [0.4, 0.5) is 17.6 Å². The van der Waals surface area contributed by atoms with E-state index in [-0.39, 0.29) is 5.91 Å². The number of carbonyl (C=O) groups is 1. The molecule has 0 saturated carbocycles. The van der Waals surface area contributed by atoms with E-state index >= 15 is 0 Å². The van der Waals surface area contributed by atoms with E-state index in [9.17, 15) is 4.79 Å². The number of hydrogen-bond acceptors (Lipinski definition) is 7. The average Bonchev–Trinajstić information content (AvgIpc) is 3.18. The van der Waals surface area contributed by atoms with Gasteiger partial charge in [0.2, 0.25) is 11.9 Å². The minimum atomic E-state index is 0.198. The Morgan fingerprint density at radius 1 is 1.19 bits per heavy atom. The second-order valence-electron chi connectivity index (χ2n) is 8.59. The van der Waals surface area contributed by atoms with Crippen molar-refractivity contribution in [2.45, 2.75) is 39.2 Å². The molecule has 164 valence electrons. The lowest BCUT2D eigenvalue weighted by Gasteiger charge is -2.32. The van der Waals surface area contributed by atoms with Crippen LogP contribution >= 0.6 is 0 Å². The van der Waals surface area contributed by atoms with Gasteiger partial charge in [0.25, 0.3) is 0 Å². The third kappa shape index (κ3) is 4.76. The first kappa shape index (κ1) is 21.0. The van der Waals surface area contributed by atoms with Crippen LogP contribution in [0.3, 0.4) is 0 Å². The Kier molecular flexibility index (Phi) is 6.01. The second kappa shape index (κ2) is 8.87. The fraction of sp³-hybridized carbons (Fsp3) is 0.500. The molecule has 0 unspecified atom stereocenters. The van der Waals surface area contributed by atoms with E-state index in [1.54, 1.807) is 17.3 Å². The van der Waals surface area contributed by atoms with Gasteiger partial charge < -0.3 is 19.7 Å².